The van der Waals surface area contributed by atoms with Crippen LogP contribution in [0.5, 0.6) is 0 Å². The average molecular weight is 411 g/mol. The summed E-state index contributed by atoms with van der Waals surface area (Å²) in [7, 11) is -3.59. The minimum atomic E-state index is -3.59. The van der Waals surface area contributed by atoms with Crippen molar-refractivity contribution < 1.29 is 13.2 Å². The van der Waals surface area contributed by atoms with E-state index in [-0.39, 0.29) is 5.56 Å². The Hall–Kier alpha value is -1.11. The number of sulfonamides is 1. The van der Waals surface area contributed by atoms with E-state index in [2.05, 4.69) is 5.32 Å². The summed E-state index contributed by atoms with van der Waals surface area (Å²) in [5.41, 5.74) is 1.64. The molecule has 0 heterocycles. The molecule has 0 aromatic heterocycles. The standard InChI is InChI=1S/C20H27ClN2O3S/c1-27(25,26)23-19(24)16-2-3-17(18(21)7-16)11-22-12-20-8-13-4-14(9-20)6-15(5-13)10-20/h2-3,7,13-15,22H,4-6,8-12H2,1H3,(H,23,24). The fourth-order valence-corrected chi connectivity index (χ4v) is 6.73. The zero-order valence-corrected chi connectivity index (χ0v) is 17.2. The normalized spacial score (nSPS) is 31.9. The molecule has 27 heavy (non-hydrogen) atoms. The van der Waals surface area contributed by atoms with Gasteiger partial charge in [0.1, 0.15) is 0 Å². The number of benzene rings is 1. The number of carbonyl (C=O) groups excluding carboxylic acids is 1. The first-order valence-corrected chi connectivity index (χ1v) is 12.0. The topological polar surface area (TPSA) is 75.3 Å². The lowest BCUT2D eigenvalue weighted by Gasteiger charge is -2.57. The molecule has 7 heteroatoms. The monoisotopic (exact) mass is 410 g/mol. The maximum atomic E-state index is 11.9. The van der Waals surface area contributed by atoms with E-state index in [0.717, 1.165) is 36.1 Å². The van der Waals surface area contributed by atoms with Crippen LogP contribution >= 0.6 is 11.6 Å². The van der Waals surface area contributed by atoms with Crippen LogP contribution in [0, 0.1) is 23.2 Å². The molecule has 4 saturated carbocycles. The van der Waals surface area contributed by atoms with Crippen LogP contribution in [0.2, 0.25) is 5.02 Å². The molecular weight excluding hydrogens is 384 g/mol. The van der Waals surface area contributed by atoms with Crippen molar-refractivity contribution in [1.82, 2.24) is 10.0 Å². The molecule has 1 aromatic rings. The molecular formula is C20H27ClN2O3S. The fraction of sp³-hybridized carbons (Fsp3) is 0.650. The lowest BCUT2D eigenvalue weighted by Crippen LogP contribution is -2.50. The molecule has 0 spiro atoms. The van der Waals surface area contributed by atoms with Crippen LogP contribution in [0.15, 0.2) is 18.2 Å². The summed E-state index contributed by atoms with van der Waals surface area (Å²) in [4.78, 5) is 11.9. The van der Waals surface area contributed by atoms with E-state index >= 15 is 0 Å². The highest BCUT2D eigenvalue weighted by Crippen LogP contribution is 2.59. The molecule has 4 aliphatic rings. The lowest BCUT2D eigenvalue weighted by molar-refractivity contribution is -0.0514. The molecule has 1 aromatic carbocycles. The molecule has 5 rings (SSSR count). The lowest BCUT2D eigenvalue weighted by atomic mass is 9.49. The summed E-state index contributed by atoms with van der Waals surface area (Å²) >= 11 is 6.33. The molecule has 0 radical (unpaired) electrons. The quantitative estimate of drug-likeness (QED) is 0.754. The zero-order valence-electron chi connectivity index (χ0n) is 15.6. The van der Waals surface area contributed by atoms with Crippen LogP contribution in [0.4, 0.5) is 0 Å². The van der Waals surface area contributed by atoms with Crippen molar-refractivity contribution in [3.63, 3.8) is 0 Å². The van der Waals surface area contributed by atoms with E-state index < -0.39 is 15.9 Å². The number of hydrogen-bond acceptors (Lipinski definition) is 4. The van der Waals surface area contributed by atoms with Crippen LogP contribution in [0.3, 0.4) is 0 Å². The molecule has 0 atom stereocenters. The Morgan fingerprint density at radius 3 is 2.26 bits per heavy atom. The van der Waals surface area contributed by atoms with Crippen molar-refractivity contribution in [2.75, 3.05) is 12.8 Å². The van der Waals surface area contributed by atoms with Gasteiger partial charge in [-0.15, -0.1) is 0 Å². The number of halogens is 1. The van der Waals surface area contributed by atoms with Gasteiger partial charge in [-0.05, 0) is 79.4 Å². The largest absolute Gasteiger partial charge is 0.312 e. The first-order valence-electron chi connectivity index (χ1n) is 9.73. The second-order valence-corrected chi connectivity index (χ2v) is 11.2. The van der Waals surface area contributed by atoms with E-state index in [4.69, 9.17) is 11.6 Å². The number of carbonyl (C=O) groups is 1. The summed E-state index contributed by atoms with van der Waals surface area (Å²) in [6.07, 6.45) is 9.39. The van der Waals surface area contributed by atoms with Crippen molar-refractivity contribution in [2.45, 2.75) is 45.1 Å². The molecule has 5 nitrogen and oxygen atoms in total. The number of rotatable bonds is 6. The van der Waals surface area contributed by atoms with E-state index in [1.54, 1.807) is 12.1 Å². The van der Waals surface area contributed by atoms with E-state index in [9.17, 15) is 13.2 Å². The highest BCUT2D eigenvalue weighted by molar-refractivity contribution is 7.89. The van der Waals surface area contributed by atoms with Gasteiger partial charge in [0, 0.05) is 23.7 Å². The molecule has 1 amide bonds. The molecule has 2 N–H and O–H groups in total. The minimum absolute atomic E-state index is 0.246. The third-order valence-corrected chi connectivity index (χ3v) is 7.48. The van der Waals surface area contributed by atoms with Gasteiger partial charge in [-0.25, -0.2) is 13.1 Å². The minimum Gasteiger partial charge on any atom is -0.312 e. The number of hydrogen-bond donors (Lipinski definition) is 2. The molecule has 4 bridgehead atoms. The van der Waals surface area contributed by atoms with Gasteiger partial charge in [0.05, 0.1) is 6.26 Å². The zero-order chi connectivity index (χ0) is 19.2. The van der Waals surface area contributed by atoms with Gasteiger partial charge in [-0.1, -0.05) is 17.7 Å². The SMILES string of the molecule is CS(=O)(=O)NC(=O)c1ccc(CNCC23CC4CC(CC(C4)C2)C3)c(Cl)c1. The van der Waals surface area contributed by atoms with Gasteiger partial charge in [0.25, 0.3) is 5.91 Å². The Morgan fingerprint density at radius 1 is 1.15 bits per heavy atom. The summed E-state index contributed by atoms with van der Waals surface area (Å²) < 4.78 is 24.4. The Morgan fingerprint density at radius 2 is 1.74 bits per heavy atom. The first kappa shape index (κ1) is 19.2. The highest BCUT2D eigenvalue weighted by atomic mass is 35.5. The van der Waals surface area contributed by atoms with Crippen LogP contribution in [0.25, 0.3) is 0 Å². The smallest absolute Gasteiger partial charge is 0.264 e. The Bertz CT molecular complexity index is 817. The van der Waals surface area contributed by atoms with Gasteiger partial charge < -0.3 is 5.32 Å². The van der Waals surface area contributed by atoms with Gasteiger partial charge in [-0.3, -0.25) is 4.79 Å². The summed E-state index contributed by atoms with van der Waals surface area (Å²) in [5.74, 6) is 2.16. The van der Waals surface area contributed by atoms with Gasteiger partial charge in [0.15, 0.2) is 0 Å². The van der Waals surface area contributed by atoms with Crippen molar-refractivity contribution in [3.05, 3.63) is 34.3 Å². The van der Waals surface area contributed by atoms with E-state index in [1.165, 1.54) is 44.6 Å². The number of nitrogens with one attached hydrogen (secondary N) is 2. The molecule has 148 valence electrons. The summed E-state index contributed by atoms with van der Waals surface area (Å²) in [6, 6.07) is 4.95. The summed E-state index contributed by atoms with van der Waals surface area (Å²) in [5, 5.41) is 4.09. The molecule has 0 aliphatic heterocycles. The van der Waals surface area contributed by atoms with Crippen LogP contribution in [0.1, 0.15) is 54.4 Å². The van der Waals surface area contributed by atoms with Crippen LogP contribution in [-0.4, -0.2) is 27.1 Å². The van der Waals surface area contributed by atoms with E-state index in [0.29, 0.717) is 17.0 Å². The number of amides is 1. The summed E-state index contributed by atoms with van der Waals surface area (Å²) in [6.45, 7) is 1.69. The Kier molecular flexibility index (Phi) is 5.02. The van der Waals surface area contributed by atoms with E-state index in [1.807, 2.05) is 4.72 Å². The molecule has 0 saturated heterocycles. The second-order valence-electron chi connectivity index (χ2n) is 9.03. The first-order chi connectivity index (χ1) is 12.7. The third-order valence-electron chi connectivity index (χ3n) is 6.57. The fourth-order valence-electron chi connectivity index (χ4n) is 6.03. The van der Waals surface area contributed by atoms with Gasteiger partial charge in [0.2, 0.25) is 10.0 Å². The predicted molar refractivity (Wildman–Crippen MR) is 106 cm³/mol. The second kappa shape index (κ2) is 7.05. The van der Waals surface area contributed by atoms with Crippen molar-refractivity contribution in [2.24, 2.45) is 23.2 Å². The van der Waals surface area contributed by atoms with Crippen LogP contribution < -0.4 is 10.0 Å². The Balaban J connectivity index is 1.36. The molecule has 4 fully saturated rings. The average Bonchev–Trinajstić information content (AvgIpc) is 2.53. The maximum absolute atomic E-state index is 11.9. The maximum Gasteiger partial charge on any atom is 0.264 e. The van der Waals surface area contributed by atoms with Crippen LogP contribution in [-0.2, 0) is 16.6 Å². The van der Waals surface area contributed by atoms with Crippen molar-refractivity contribution in [1.29, 1.82) is 0 Å². The van der Waals surface area contributed by atoms with Gasteiger partial charge >= 0.3 is 0 Å². The van der Waals surface area contributed by atoms with Gasteiger partial charge in [-0.2, -0.15) is 0 Å². The third kappa shape index (κ3) is 4.33. The highest BCUT2D eigenvalue weighted by Gasteiger charge is 2.50. The van der Waals surface area contributed by atoms with Crippen molar-refractivity contribution in [3.8, 4) is 0 Å². The molecule has 0 unspecified atom stereocenters. The molecule has 4 aliphatic carbocycles. The predicted octanol–water partition coefficient (Wildman–Crippen LogP) is 3.34. The van der Waals surface area contributed by atoms with Crippen molar-refractivity contribution >= 4 is 27.5 Å². The Labute approximate surface area is 166 Å².